The van der Waals surface area contributed by atoms with Crippen molar-refractivity contribution in [2.24, 2.45) is 0 Å². The molecule has 1 amide bonds. The van der Waals surface area contributed by atoms with E-state index in [4.69, 9.17) is 4.74 Å². The minimum absolute atomic E-state index is 0.0391. The second kappa shape index (κ2) is 11.0. The number of hydrogen-bond donors (Lipinski definition) is 3. The van der Waals surface area contributed by atoms with Crippen molar-refractivity contribution >= 4 is 16.8 Å². The van der Waals surface area contributed by atoms with Gasteiger partial charge in [-0.1, -0.05) is 37.5 Å². The lowest BCUT2D eigenvalue weighted by molar-refractivity contribution is 0.0905. The highest BCUT2D eigenvalue weighted by Crippen LogP contribution is 2.47. The van der Waals surface area contributed by atoms with Gasteiger partial charge >= 0.3 is 0 Å². The van der Waals surface area contributed by atoms with E-state index in [1.165, 1.54) is 54.3 Å². The first-order chi connectivity index (χ1) is 18.9. The summed E-state index contributed by atoms with van der Waals surface area (Å²) >= 11 is 0. The summed E-state index contributed by atoms with van der Waals surface area (Å²) in [4.78, 5) is 13.5. The zero-order valence-electron chi connectivity index (χ0n) is 23.5. The van der Waals surface area contributed by atoms with E-state index in [1.54, 1.807) is 0 Å². The molecule has 1 aromatic heterocycles. The summed E-state index contributed by atoms with van der Waals surface area (Å²) in [6, 6.07) is 15.1. The number of carbonyl (C=O) groups is 1. The van der Waals surface area contributed by atoms with E-state index in [2.05, 4.69) is 59.4 Å². The largest absolute Gasteiger partial charge is 0.491 e. The average Bonchev–Trinajstić information content (AvgIpc) is 3.14. The molecule has 6 heteroatoms. The maximum Gasteiger partial charge on any atom is 0.251 e. The number of nitrogens with zero attached hydrogens (tertiary/aromatic N) is 1. The minimum Gasteiger partial charge on any atom is -0.491 e. The average molecular weight is 530 g/mol. The van der Waals surface area contributed by atoms with E-state index < -0.39 is 5.54 Å². The van der Waals surface area contributed by atoms with Gasteiger partial charge in [0.2, 0.25) is 0 Å². The molecular weight excluding hydrogens is 486 g/mol. The normalized spacial score (nSPS) is 22.0. The van der Waals surface area contributed by atoms with Crippen LogP contribution in [0.3, 0.4) is 0 Å². The summed E-state index contributed by atoms with van der Waals surface area (Å²) in [7, 11) is 0. The number of benzene rings is 2. The standard InChI is InChI=1S/C33H43N3O3/c1-33(2,21-34-24-13-15-25(37)16-14-24)35-32(38)23-12-17-26-28(20-23)36-18-19-39-29-11-7-6-10-27(29)31(36)30(26)22-8-4-3-5-9-22/h6-7,10-12,17,20,22,24-25,34,37H,3-5,8-9,13-16,18-19,21H2,1-2H3,(H,35,38)/t24-,25-. The Balaban J connectivity index is 1.30. The molecule has 6 rings (SSSR count). The van der Waals surface area contributed by atoms with Crippen LogP contribution in [0.15, 0.2) is 42.5 Å². The topological polar surface area (TPSA) is 75.5 Å². The van der Waals surface area contributed by atoms with Crippen molar-refractivity contribution in [3.05, 3.63) is 53.6 Å². The fourth-order valence-electron chi connectivity index (χ4n) is 6.98. The van der Waals surface area contributed by atoms with E-state index >= 15 is 0 Å². The van der Waals surface area contributed by atoms with Crippen molar-refractivity contribution in [2.45, 2.75) is 102 Å². The van der Waals surface area contributed by atoms with Crippen molar-refractivity contribution in [3.63, 3.8) is 0 Å². The number of fused-ring (bicyclic) bond motifs is 5. The monoisotopic (exact) mass is 529 g/mol. The Labute approximate surface area is 232 Å². The Morgan fingerprint density at radius 1 is 1.03 bits per heavy atom. The molecule has 3 aliphatic rings. The Morgan fingerprint density at radius 2 is 1.79 bits per heavy atom. The van der Waals surface area contributed by atoms with Gasteiger partial charge < -0.3 is 25.0 Å². The second-order valence-electron chi connectivity index (χ2n) is 12.5. The number of nitrogens with one attached hydrogen (secondary N) is 2. The van der Waals surface area contributed by atoms with Crippen molar-refractivity contribution in [3.8, 4) is 17.0 Å². The maximum absolute atomic E-state index is 13.5. The van der Waals surface area contributed by atoms with Gasteiger partial charge in [-0.05, 0) is 88.1 Å². The highest BCUT2D eigenvalue weighted by atomic mass is 16.5. The van der Waals surface area contributed by atoms with Gasteiger partial charge in [0, 0.05) is 40.2 Å². The summed E-state index contributed by atoms with van der Waals surface area (Å²) < 4.78 is 8.59. The van der Waals surface area contributed by atoms with Crippen molar-refractivity contribution in [1.82, 2.24) is 15.2 Å². The number of ether oxygens (including phenoxy) is 1. The fraction of sp³-hybridized carbons (Fsp3) is 0.545. The van der Waals surface area contributed by atoms with E-state index in [9.17, 15) is 9.90 Å². The summed E-state index contributed by atoms with van der Waals surface area (Å²) in [6.07, 6.45) is 9.83. The molecule has 2 aromatic carbocycles. The molecule has 0 spiro atoms. The van der Waals surface area contributed by atoms with Gasteiger partial charge in [-0.15, -0.1) is 0 Å². The van der Waals surface area contributed by atoms with Gasteiger partial charge in [-0.3, -0.25) is 4.79 Å². The van der Waals surface area contributed by atoms with Crippen LogP contribution in [0.5, 0.6) is 5.75 Å². The Morgan fingerprint density at radius 3 is 2.59 bits per heavy atom. The van der Waals surface area contributed by atoms with Gasteiger partial charge in [0.1, 0.15) is 12.4 Å². The number of hydrogen-bond acceptors (Lipinski definition) is 4. The Kier molecular flexibility index (Phi) is 7.43. The Hall–Kier alpha value is -2.83. The van der Waals surface area contributed by atoms with Crippen LogP contribution in [0.2, 0.25) is 0 Å². The van der Waals surface area contributed by atoms with Crippen LogP contribution in [0.1, 0.15) is 93.5 Å². The van der Waals surface area contributed by atoms with Gasteiger partial charge in [-0.25, -0.2) is 0 Å². The van der Waals surface area contributed by atoms with Crippen LogP contribution < -0.4 is 15.4 Å². The molecule has 6 nitrogen and oxygen atoms in total. The summed E-state index contributed by atoms with van der Waals surface area (Å²) in [5.41, 5.74) is 5.33. The van der Waals surface area contributed by atoms with Crippen LogP contribution in [-0.4, -0.2) is 46.4 Å². The summed E-state index contributed by atoms with van der Waals surface area (Å²) in [5, 5.41) is 18.0. The van der Waals surface area contributed by atoms with Crippen molar-refractivity contribution in [1.29, 1.82) is 0 Å². The number of aliphatic hydroxyl groups excluding tert-OH is 1. The molecule has 2 aliphatic carbocycles. The minimum atomic E-state index is -0.391. The molecule has 1 aliphatic heterocycles. The third-order valence-electron chi connectivity index (χ3n) is 9.08. The number of aromatic nitrogens is 1. The molecule has 0 unspecified atom stereocenters. The van der Waals surface area contributed by atoms with E-state index in [0.717, 1.165) is 43.5 Å². The van der Waals surface area contributed by atoms with Crippen molar-refractivity contribution < 1.29 is 14.6 Å². The third-order valence-corrected chi connectivity index (χ3v) is 9.08. The molecule has 2 heterocycles. The van der Waals surface area contributed by atoms with Crippen LogP contribution in [0, 0.1) is 0 Å². The summed E-state index contributed by atoms with van der Waals surface area (Å²) in [6.45, 7) is 6.23. The zero-order chi connectivity index (χ0) is 27.0. The lowest BCUT2D eigenvalue weighted by Gasteiger charge is -2.32. The molecule has 0 saturated heterocycles. The van der Waals surface area contributed by atoms with Gasteiger partial charge in [-0.2, -0.15) is 0 Å². The van der Waals surface area contributed by atoms with Crippen LogP contribution in [0.25, 0.3) is 22.2 Å². The number of carbonyl (C=O) groups excluding carboxylic acids is 1. The lowest BCUT2D eigenvalue weighted by atomic mass is 9.81. The highest BCUT2D eigenvalue weighted by molar-refractivity contribution is 6.01. The molecule has 3 aromatic rings. The lowest BCUT2D eigenvalue weighted by Crippen LogP contribution is -2.52. The highest BCUT2D eigenvalue weighted by Gasteiger charge is 2.30. The SMILES string of the molecule is CC(C)(CN[C@H]1CC[C@H](O)CC1)NC(=O)c1ccc2c(C3CCCCC3)c3n(c2c1)CCOc1ccccc1-3. The van der Waals surface area contributed by atoms with Gasteiger partial charge in [0.05, 0.1) is 18.3 Å². The van der Waals surface area contributed by atoms with Crippen LogP contribution >= 0.6 is 0 Å². The predicted octanol–water partition coefficient (Wildman–Crippen LogP) is 6.15. The maximum atomic E-state index is 13.5. The second-order valence-corrected chi connectivity index (χ2v) is 12.5. The summed E-state index contributed by atoms with van der Waals surface area (Å²) in [5.74, 6) is 1.45. The molecule has 2 saturated carbocycles. The van der Waals surface area contributed by atoms with E-state index in [1.807, 2.05) is 12.1 Å². The Bertz CT molecular complexity index is 1330. The smallest absolute Gasteiger partial charge is 0.251 e. The molecule has 3 N–H and O–H groups in total. The van der Waals surface area contributed by atoms with E-state index in [-0.39, 0.29) is 12.0 Å². The van der Waals surface area contributed by atoms with Crippen LogP contribution in [0.4, 0.5) is 0 Å². The number of aliphatic hydroxyl groups is 1. The first-order valence-corrected chi connectivity index (χ1v) is 15.0. The van der Waals surface area contributed by atoms with Gasteiger partial charge in [0.15, 0.2) is 0 Å². The quantitative estimate of drug-likeness (QED) is 0.358. The predicted molar refractivity (Wildman–Crippen MR) is 157 cm³/mol. The fourth-order valence-corrected chi connectivity index (χ4v) is 6.98. The molecule has 0 atom stereocenters. The first kappa shape index (κ1) is 26.4. The molecule has 0 bridgehead atoms. The molecule has 0 radical (unpaired) electrons. The van der Waals surface area contributed by atoms with E-state index in [0.29, 0.717) is 30.7 Å². The number of para-hydroxylation sites is 1. The van der Waals surface area contributed by atoms with Crippen LogP contribution in [-0.2, 0) is 6.54 Å². The number of amides is 1. The first-order valence-electron chi connectivity index (χ1n) is 15.0. The third kappa shape index (κ3) is 5.46. The zero-order valence-corrected chi connectivity index (χ0v) is 23.5. The van der Waals surface area contributed by atoms with Crippen molar-refractivity contribution in [2.75, 3.05) is 13.2 Å². The number of rotatable bonds is 6. The van der Waals surface area contributed by atoms with Gasteiger partial charge in [0.25, 0.3) is 5.91 Å². The molecule has 39 heavy (non-hydrogen) atoms. The molecular formula is C33H43N3O3. The molecule has 208 valence electrons. The molecule has 2 fully saturated rings.